The highest BCUT2D eigenvalue weighted by Crippen LogP contribution is 2.04. The molecule has 76 valence electrons. The third kappa shape index (κ3) is 2.28. The normalized spacial score (nSPS) is 10.6. The van der Waals surface area contributed by atoms with E-state index in [0.29, 0.717) is 6.42 Å². The monoisotopic (exact) mass is 194 g/mol. The van der Waals surface area contributed by atoms with Crippen molar-refractivity contribution in [1.29, 1.82) is 0 Å². The first-order chi connectivity index (χ1) is 6.52. The predicted octanol–water partition coefficient (Wildman–Crippen LogP) is 1.01. The van der Waals surface area contributed by atoms with Crippen LogP contribution in [0.5, 0.6) is 0 Å². The van der Waals surface area contributed by atoms with Gasteiger partial charge >= 0.3 is 0 Å². The van der Waals surface area contributed by atoms with Gasteiger partial charge in [0.2, 0.25) is 0 Å². The Kier molecular flexibility index (Phi) is 3.17. The van der Waals surface area contributed by atoms with Crippen molar-refractivity contribution >= 4 is 5.78 Å². The molecule has 0 unspecified atom stereocenters. The van der Waals surface area contributed by atoms with E-state index in [1.54, 1.807) is 0 Å². The SMILES string of the molecule is CC(C)CC(=O)c1ccnn(C)c1=O. The first kappa shape index (κ1) is 10.6. The number of Topliss-reactive ketones (excluding diaryl/α,β-unsaturated/α-hetero) is 1. The van der Waals surface area contributed by atoms with Crippen LogP contribution in [0.4, 0.5) is 0 Å². The van der Waals surface area contributed by atoms with Gasteiger partial charge in [0, 0.05) is 19.7 Å². The van der Waals surface area contributed by atoms with Crippen molar-refractivity contribution in [1.82, 2.24) is 9.78 Å². The fourth-order valence-corrected chi connectivity index (χ4v) is 1.20. The lowest BCUT2D eigenvalue weighted by Crippen LogP contribution is -2.26. The molecule has 0 atom stereocenters. The minimum absolute atomic E-state index is 0.108. The summed E-state index contributed by atoms with van der Waals surface area (Å²) in [6.45, 7) is 3.90. The van der Waals surface area contributed by atoms with Crippen molar-refractivity contribution in [3.8, 4) is 0 Å². The minimum atomic E-state index is -0.321. The van der Waals surface area contributed by atoms with Crippen molar-refractivity contribution in [2.24, 2.45) is 13.0 Å². The van der Waals surface area contributed by atoms with Gasteiger partial charge in [0.25, 0.3) is 5.56 Å². The number of ketones is 1. The number of aryl methyl sites for hydroxylation is 1. The molecule has 0 saturated heterocycles. The topological polar surface area (TPSA) is 52.0 Å². The van der Waals surface area contributed by atoms with Crippen molar-refractivity contribution in [2.45, 2.75) is 20.3 Å². The number of nitrogens with zero attached hydrogens (tertiary/aromatic N) is 2. The van der Waals surface area contributed by atoms with Gasteiger partial charge in [0.15, 0.2) is 5.78 Å². The second-order valence-corrected chi connectivity index (χ2v) is 3.69. The van der Waals surface area contributed by atoms with E-state index in [0.717, 1.165) is 0 Å². The Labute approximate surface area is 82.6 Å². The van der Waals surface area contributed by atoms with Crippen LogP contribution in [0.3, 0.4) is 0 Å². The molecular formula is C10H14N2O2. The van der Waals surface area contributed by atoms with E-state index in [-0.39, 0.29) is 22.8 Å². The van der Waals surface area contributed by atoms with E-state index in [9.17, 15) is 9.59 Å². The average molecular weight is 194 g/mol. The highest BCUT2D eigenvalue weighted by Gasteiger charge is 2.12. The predicted molar refractivity (Wildman–Crippen MR) is 53.3 cm³/mol. The zero-order chi connectivity index (χ0) is 10.7. The first-order valence-electron chi connectivity index (χ1n) is 4.58. The molecule has 0 saturated carbocycles. The van der Waals surface area contributed by atoms with Crippen molar-refractivity contribution < 1.29 is 4.79 Å². The zero-order valence-electron chi connectivity index (χ0n) is 8.65. The smallest absolute Gasteiger partial charge is 0.277 e. The first-order valence-corrected chi connectivity index (χ1v) is 4.58. The highest BCUT2D eigenvalue weighted by atomic mass is 16.1. The number of hydrogen-bond acceptors (Lipinski definition) is 3. The molecule has 0 aromatic carbocycles. The van der Waals surface area contributed by atoms with Crippen LogP contribution in [-0.4, -0.2) is 15.6 Å². The molecule has 1 heterocycles. The van der Waals surface area contributed by atoms with Crippen LogP contribution in [0.2, 0.25) is 0 Å². The molecule has 0 bridgehead atoms. The number of rotatable bonds is 3. The maximum atomic E-state index is 11.6. The van der Waals surface area contributed by atoms with Gasteiger partial charge in [-0.3, -0.25) is 9.59 Å². The van der Waals surface area contributed by atoms with E-state index < -0.39 is 0 Å². The highest BCUT2D eigenvalue weighted by molar-refractivity contribution is 5.95. The van der Waals surface area contributed by atoms with E-state index in [1.165, 1.54) is 24.0 Å². The van der Waals surface area contributed by atoms with Gasteiger partial charge in [-0.25, -0.2) is 4.68 Å². The molecule has 1 aromatic rings. The Morgan fingerprint density at radius 3 is 2.79 bits per heavy atom. The van der Waals surface area contributed by atoms with Crippen LogP contribution in [0, 0.1) is 5.92 Å². The third-order valence-electron chi connectivity index (χ3n) is 1.90. The lowest BCUT2D eigenvalue weighted by molar-refractivity contribution is 0.0965. The fraction of sp³-hybridized carbons (Fsp3) is 0.500. The summed E-state index contributed by atoms with van der Waals surface area (Å²) in [5.41, 5.74) is -0.0886. The van der Waals surface area contributed by atoms with Crippen LogP contribution in [0.25, 0.3) is 0 Å². The lowest BCUT2D eigenvalue weighted by atomic mass is 10.0. The Balaban J connectivity index is 3.02. The minimum Gasteiger partial charge on any atom is -0.294 e. The van der Waals surface area contributed by atoms with Crippen LogP contribution < -0.4 is 5.56 Å². The molecule has 0 aliphatic heterocycles. The Morgan fingerprint density at radius 2 is 2.21 bits per heavy atom. The molecule has 1 rings (SSSR count). The van der Waals surface area contributed by atoms with Gasteiger partial charge in [-0.1, -0.05) is 13.8 Å². The number of aromatic nitrogens is 2. The van der Waals surface area contributed by atoms with Crippen LogP contribution in [0.15, 0.2) is 17.1 Å². The summed E-state index contributed by atoms with van der Waals surface area (Å²) in [7, 11) is 1.54. The standard InChI is InChI=1S/C10H14N2O2/c1-7(2)6-9(13)8-4-5-11-12(3)10(8)14/h4-5,7H,6H2,1-3H3. The van der Waals surface area contributed by atoms with Crippen LogP contribution in [-0.2, 0) is 7.05 Å². The second-order valence-electron chi connectivity index (χ2n) is 3.69. The molecule has 0 N–H and O–H groups in total. The molecule has 0 radical (unpaired) electrons. The molecule has 0 amide bonds. The third-order valence-corrected chi connectivity index (χ3v) is 1.90. The van der Waals surface area contributed by atoms with Gasteiger partial charge in [0.05, 0.1) is 5.56 Å². The summed E-state index contributed by atoms with van der Waals surface area (Å²) in [5, 5.41) is 3.75. The molecule has 14 heavy (non-hydrogen) atoms. The van der Waals surface area contributed by atoms with Crippen LogP contribution >= 0.6 is 0 Å². The second kappa shape index (κ2) is 4.17. The van der Waals surface area contributed by atoms with E-state index >= 15 is 0 Å². The van der Waals surface area contributed by atoms with Gasteiger partial charge in [0.1, 0.15) is 0 Å². The number of carbonyl (C=O) groups is 1. The van der Waals surface area contributed by atoms with Gasteiger partial charge in [-0.2, -0.15) is 5.10 Å². The van der Waals surface area contributed by atoms with Gasteiger partial charge in [-0.05, 0) is 12.0 Å². The Hall–Kier alpha value is -1.45. The van der Waals surface area contributed by atoms with Gasteiger partial charge < -0.3 is 0 Å². The largest absolute Gasteiger partial charge is 0.294 e. The molecular weight excluding hydrogens is 180 g/mol. The average Bonchev–Trinajstić information content (AvgIpc) is 2.08. The summed E-state index contributed by atoms with van der Waals surface area (Å²) in [6.07, 6.45) is 1.87. The molecule has 0 aliphatic rings. The lowest BCUT2D eigenvalue weighted by Gasteiger charge is -2.03. The van der Waals surface area contributed by atoms with E-state index in [4.69, 9.17) is 0 Å². The number of hydrogen-bond donors (Lipinski definition) is 0. The molecule has 4 heteroatoms. The summed E-state index contributed by atoms with van der Waals surface area (Å²) in [5.74, 6) is 0.156. The maximum absolute atomic E-state index is 11.6. The summed E-state index contributed by atoms with van der Waals surface area (Å²) < 4.78 is 1.17. The molecule has 4 nitrogen and oxygen atoms in total. The van der Waals surface area contributed by atoms with E-state index in [2.05, 4.69) is 5.10 Å². The molecule has 1 aromatic heterocycles. The summed E-state index contributed by atoms with van der Waals surface area (Å²) in [6, 6.07) is 1.48. The van der Waals surface area contributed by atoms with Gasteiger partial charge in [-0.15, -0.1) is 0 Å². The Bertz CT molecular complexity index is 393. The van der Waals surface area contributed by atoms with Crippen molar-refractivity contribution in [3.05, 3.63) is 28.2 Å². The van der Waals surface area contributed by atoms with E-state index in [1.807, 2.05) is 13.8 Å². The fourth-order valence-electron chi connectivity index (χ4n) is 1.20. The van der Waals surface area contributed by atoms with Crippen molar-refractivity contribution in [3.63, 3.8) is 0 Å². The van der Waals surface area contributed by atoms with Crippen LogP contribution in [0.1, 0.15) is 30.6 Å². The molecule has 0 fully saturated rings. The molecule has 0 aliphatic carbocycles. The summed E-state index contributed by atoms with van der Waals surface area (Å²) >= 11 is 0. The van der Waals surface area contributed by atoms with Crippen molar-refractivity contribution in [2.75, 3.05) is 0 Å². The zero-order valence-corrected chi connectivity index (χ0v) is 8.65. The Morgan fingerprint density at radius 1 is 1.57 bits per heavy atom. The summed E-state index contributed by atoms with van der Waals surface area (Å²) in [4.78, 5) is 23.1. The quantitative estimate of drug-likeness (QED) is 0.675. The number of carbonyl (C=O) groups excluding carboxylic acids is 1. The molecule has 0 spiro atoms. The maximum Gasteiger partial charge on any atom is 0.277 e.